The summed E-state index contributed by atoms with van der Waals surface area (Å²) in [4.78, 5) is 38.0. The lowest BCUT2D eigenvalue weighted by Crippen LogP contribution is -2.40. The third kappa shape index (κ3) is 3.39. The molecular weight excluding hydrogens is 464 g/mol. The van der Waals surface area contributed by atoms with Crippen molar-refractivity contribution in [2.75, 3.05) is 17.7 Å². The molecule has 7 nitrogen and oxygen atoms in total. The van der Waals surface area contributed by atoms with Crippen molar-refractivity contribution >= 4 is 45.1 Å². The van der Waals surface area contributed by atoms with Gasteiger partial charge in [0.1, 0.15) is 11.9 Å². The molecule has 2 aromatic rings. The van der Waals surface area contributed by atoms with Crippen molar-refractivity contribution in [2.45, 2.75) is 17.4 Å². The van der Waals surface area contributed by atoms with Crippen LogP contribution in [0.25, 0.3) is 0 Å². The fourth-order valence-electron chi connectivity index (χ4n) is 5.17. The van der Waals surface area contributed by atoms with Gasteiger partial charge in [-0.2, -0.15) is 0 Å². The SMILES string of the molecule is COc1ccc(NC(=O)c2cccc(NC(=O)[C@@H]3[C@H]4C[C@H]5[C@H](OC(=O)[C@@H]53)[C@@H]4Br)c2)cc1. The maximum Gasteiger partial charge on any atom is 0.310 e. The van der Waals surface area contributed by atoms with E-state index in [0.717, 1.165) is 6.42 Å². The van der Waals surface area contributed by atoms with Crippen molar-refractivity contribution in [3.63, 3.8) is 0 Å². The molecule has 2 N–H and O–H groups in total. The summed E-state index contributed by atoms with van der Waals surface area (Å²) in [5.41, 5.74) is 1.57. The van der Waals surface area contributed by atoms with Crippen molar-refractivity contribution in [3.05, 3.63) is 54.1 Å². The number of rotatable bonds is 5. The Bertz CT molecular complexity index is 1060. The van der Waals surface area contributed by atoms with Crippen LogP contribution in [0.2, 0.25) is 0 Å². The monoisotopic (exact) mass is 484 g/mol. The smallest absolute Gasteiger partial charge is 0.310 e. The lowest BCUT2D eigenvalue weighted by molar-refractivity contribution is -0.145. The van der Waals surface area contributed by atoms with E-state index in [1.165, 1.54) is 0 Å². The number of hydrogen-bond donors (Lipinski definition) is 2. The summed E-state index contributed by atoms with van der Waals surface area (Å²) in [6.07, 6.45) is 0.705. The van der Waals surface area contributed by atoms with Gasteiger partial charge in [0.05, 0.1) is 23.8 Å². The molecule has 6 atom stereocenters. The predicted octanol–water partition coefficient (Wildman–Crippen LogP) is 3.46. The minimum atomic E-state index is -0.419. The van der Waals surface area contributed by atoms with Crippen LogP contribution in [-0.4, -0.2) is 35.8 Å². The molecule has 3 fully saturated rings. The highest BCUT2D eigenvalue weighted by Gasteiger charge is 2.67. The standard InChI is InChI=1S/C23H21BrN2O5/c1-30-14-7-5-12(6-8-14)25-21(27)11-3-2-4-13(9-11)26-22(28)17-15-10-16-18(17)23(29)31-20(16)19(15)24/h2-9,15-20H,10H2,1H3,(H,25,27)(H,26,28)/t15-,16-,17-,18+,19-,20+/m1/s1. The molecule has 160 valence electrons. The topological polar surface area (TPSA) is 93.7 Å². The number of nitrogens with one attached hydrogen (secondary N) is 2. The van der Waals surface area contributed by atoms with Crippen LogP contribution in [0.1, 0.15) is 16.8 Å². The molecule has 1 aliphatic heterocycles. The van der Waals surface area contributed by atoms with Crippen molar-refractivity contribution < 1.29 is 23.9 Å². The van der Waals surface area contributed by atoms with E-state index < -0.39 is 5.92 Å². The quantitative estimate of drug-likeness (QED) is 0.500. The number of amides is 2. The molecule has 0 spiro atoms. The molecule has 2 saturated carbocycles. The maximum atomic E-state index is 13.1. The molecule has 2 amide bonds. The number of carbonyl (C=O) groups excluding carboxylic acids is 3. The number of alkyl halides is 1. The Kier molecular flexibility index (Phi) is 4.97. The van der Waals surface area contributed by atoms with Crippen molar-refractivity contribution in [1.29, 1.82) is 0 Å². The van der Waals surface area contributed by atoms with Crippen LogP contribution >= 0.6 is 15.9 Å². The second-order valence-corrected chi connectivity index (χ2v) is 9.27. The predicted molar refractivity (Wildman–Crippen MR) is 117 cm³/mol. The van der Waals surface area contributed by atoms with E-state index in [1.807, 2.05) is 0 Å². The van der Waals surface area contributed by atoms with Crippen molar-refractivity contribution in [3.8, 4) is 5.75 Å². The molecule has 2 aliphatic carbocycles. The molecule has 0 unspecified atom stereocenters. The van der Waals surface area contributed by atoms with Gasteiger partial charge >= 0.3 is 5.97 Å². The molecule has 2 aromatic carbocycles. The number of benzene rings is 2. The van der Waals surface area contributed by atoms with Gasteiger partial charge in [-0.1, -0.05) is 22.0 Å². The van der Waals surface area contributed by atoms with Gasteiger partial charge in [0.2, 0.25) is 5.91 Å². The average molecular weight is 485 g/mol. The summed E-state index contributed by atoms with van der Waals surface area (Å²) in [6, 6.07) is 13.8. The zero-order valence-corrected chi connectivity index (χ0v) is 18.3. The van der Waals surface area contributed by atoms with E-state index >= 15 is 0 Å². The number of esters is 1. The minimum absolute atomic E-state index is 0.0116. The van der Waals surface area contributed by atoms with E-state index in [-0.39, 0.29) is 46.5 Å². The fraction of sp³-hybridized carbons (Fsp3) is 0.348. The van der Waals surface area contributed by atoms with E-state index in [2.05, 4.69) is 26.6 Å². The molecule has 0 aromatic heterocycles. The average Bonchev–Trinajstić information content (AvgIpc) is 3.39. The number of hydrogen-bond acceptors (Lipinski definition) is 5. The molecule has 1 saturated heterocycles. The van der Waals surface area contributed by atoms with Gasteiger partial charge in [0.25, 0.3) is 5.91 Å². The van der Waals surface area contributed by atoms with Gasteiger partial charge in [-0.05, 0) is 54.8 Å². The highest BCUT2D eigenvalue weighted by Crippen LogP contribution is 2.60. The molecule has 2 bridgehead atoms. The number of halogens is 1. The third-order valence-corrected chi connectivity index (χ3v) is 7.77. The molecule has 0 radical (unpaired) electrons. The second-order valence-electron chi connectivity index (χ2n) is 8.21. The van der Waals surface area contributed by atoms with Crippen LogP contribution in [-0.2, 0) is 14.3 Å². The number of methoxy groups -OCH3 is 1. The van der Waals surface area contributed by atoms with Gasteiger partial charge in [-0.25, -0.2) is 0 Å². The summed E-state index contributed by atoms with van der Waals surface area (Å²) < 4.78 is 10.6. The van der Waals surface area contributed by atoms with Crippen LogP contribution < -0.4 is 15.4 Å². The Balaban J connectivity index is 1.28. The van der Waals surface area contributed by atoms with Crippen molar-refractivity contribution in [1.82, 2.24) is 0 Å². The van der Waals surface area contributed by atoms with Gasteiger partial charge in [-0.3, -0.25) is 14.4 Å². The minimum Gasteiger partial charge on any atom is -0.497 e. The van der Waals surface area contributed by atoms with Gasteiger partial charge < -0.3 is 20.1 Å². The van der Waals surface area contributed by atoms with E-state index in [1.54, 1.807) is 55.6 Å². The Morgan fingerprint density at radius 2 is 1.84 bits per heavy atom. The zero-order chi connectivity index (χ0) is 21.7. The first-order chi connectivity index (χ1) is 15.0. The molecular formula is C23H21BrN2O5. The largest absolute Gasteiger partial charge is 0.497 e. The fourth-order valence-corrected chi connectivity index (χ4v) is 6.22. The van der Waals surface area contributed by atoms with Gasteiger partial charge in [0.15, 0.2) is 0 Å². The first kappa shape index (κ1) is 20.1. The number of carbonyl (C=O) groups is 3. The summed E-state index contributed by atoms with van der Waals surface area (Å²) in [7, 11) is 1.58. The normalized spacial score (nSPS) is 30.1. The Hall–Kier alpha value is -2.87. The van der Waals surface area contributed by atoms with Gasteiger partial charge in [0, 0.05) is 22.9 Å². The number of fused-ring (bicyclic) bond motifs is 1. The molecule has 3 aliphatic rings. The molecule has 5 rings (SSSR count). The van der Waals surface area contributed by atoms with Gasteiger partial charge in [-0.15, -0.1) is 0 Å². The Labute approximate surface area is 187 Å². The Morgan fingerprint density at radius 1 is 1.06 bits per heavy atom. The maximum absolute atomic E-state index is 13.1. The highest BCUT2D eigenvalue weighted by molar-refractivity contribution is 9.09. The van der Waals surface area contributed by atoms with Crippen LogP contribution in [0.5, 0.6) is 5.75 Å². The first-order valence-corrected chi connectivity index (χ1v) is 11.1. The number of anilines is 2. The summed E-state index contributed by atoms with van der Waals surface area (Å²) in [6.45, 7) is 0. The Morgan fingerprint density at radius 3 is 2.58 bits per heavy atom. The second kappa shape index (κ2) is 7.67. The van der Waals surface area contributed by atoms with E-state index in [4.69, 9.17) is 9.47 Å². The van der Waals surface area contributed by atoms with E-state index in [0.29, 0.717) is 22.7 Å². The van der Waals surface area contributed by atoms with Crippen molar-refractivity contribution in [2.24, 2.45) is 23.7 Å². The third-order valence-electron chi connectivity index (χ3n) is 6.57. The zero-order valence-electron chi connectivity index (χ0n) is 16.7. The summed E-state index contributed by atoms with van der Waals surface area (Å²) >= 11 is 3.62. The molecule has 8 heteroatoms. The summed E-state index contributed by atoms with van der Waals surface area (Å²) in [5.74, 6) is -0.662. The van der Waals surface area contributed by atoms with Crippen LogP contribution in [0, 0.1) is 23.7 Å². The van der Waals surface area contributed by atoms with Crippen LogP contribution in [0.4, 0.5) is 11.4 Å². The van der Waals surface area contributed by atoms with Crippen LogP contribution in [0.15, 0.2) is 48.5 Å². The lowest BCUT2D eigenvalue weighted by Gasteiger charge is -2.27. The molecule has 31 heavy (non-hydrogen) atoms. The summed E-state index contributed by atoms with van der Waals surface area (Å²) in [5, 5.41) is 5.73. The highest BCUT2D eigenvalue weighted by atomic mass is 79.9. The lowest BCUT2D eigenvalue weighted by atomic mass is 9.79. The van der Waals surface area contributed by atoms with Crippen LogP contribution in [0.3, 0.4) is 0 Å². The molecule has 1 heterocycles. The number of ether oxygens (including phenoxy) is 2. The van der Waals surface area contributed by atoms with E-state index in [9.17, 15) is 14.4 Å². The first-order valence-electron chi connectivity index (χ1n) is 10.2.